The first kappa shape index (κ1) is 16.7. The third-order valence-electron chi connectivity index (χ3n) is 3.39. The molecule has 1 aliphatic carbocycles. The first-order valence-corrected chi connectivity index (χ1v) is 7.96. The van der Waals surface area contributed by atoms with Crippen LogP contribution < -0.4 is 5.32 Å². The van der Waals surface area contributed by atoms with E-state index in [-0.39, 0.29) is 23.7 Å². The number of carbonyl (C=O) groups is 2. The van der Waals surface area contributed by atoms with E-state index in [9.17, 15) is 9.59 Å². The van der Waals surface area contributed by atoms with Gasteiger partial charge in [-0.1, -0.05) is 23.2 Å². The molecule has 0 radical (unpaired) electrons. The summed E-state index contributed by atoms with van der Waals surface area (Å²) >= 11 is 11.7. The molecule has 1 amide bonds. The quantitative estimate of drug-likeness (QED) is 0.779. The van der Waals surface area contributed by atoms with Crippen LogP contribution in [0.1, 0.15) is 35.1 Å². The highest BCUT2D eigenvalue weighted by molar-refractivity contribution is 6.36. The Morgan fingerprint density at radius 2 is 2.12 bits per heavy atom. The molecule has 1 saturated carbocycles. The average molecular weight is 370 g/mol. The largest absolute Gasteiger partial charge is 0.456 e. The van der Waals surface area contributed by atoms with Gasteiger partial charge in [0.25, 0.3) is 5.91 Å². The lowest BCUT2D eigenvalue weighted by Crippen LogP contribution is -2.31. The number of halogens is 2. The molecule has 8 nitrogen and oxygen atoms in total. The van der Waals surface area contributed by atoms with Crippen LogP contribution in [0.2, 0.25) is 10.0 Å². The zero-order chi connectivity index (χ0) is 17.1. The normalized spacial score (nSPS) is 13.6. The number of carbonyl (C=O) groups excluding carboxylic acids is 2. The molecule has 0 spiro atoms. The fourth-order valence-electron chi connectivity index (χ4n) is 2.03. The van der Waals surface area contributed by atoms with E-state index in [1.165, 1.54) is 12.1 Å². The van der Waals surface area contributed by atoms with Gasteiger partial charge in [-0.2, -0.15) is 0 Å². The fourth-order valence-corrected chi connectivity index (χ4v) is 2.52. The Kier molecular flexibility index (Phi) is 4.96. The minimum absolute atomic E-state index is 0.0418. The van der Waals surface area contributed by atoms with E-state index in [1.807, 2.05) is 0 Å². The standard InChI is InChI=1S/C14H13Cl2N5O3/c15-8-1-4-10(11(16)5-8)14(23)17-6-13(22)24-7-12-18-19-20-21(12)9-2-3-9/h1,4-5,9H,2-3,6-7H2,(H,17,23). The van der Waals surface area contributed by atoms with Gasteiger partial charge in [-0.25, -0.2) is 4.68 Å². The van der Waals surface area contributed by atoms with Crippen molar-refractivity contribution in [1.29, 1.82) is 0 Å². The fraction of sp³-hybridized carbons (Fsp3) is 0.357. The Hall–Kier alpha value is -2.19. The molecule has 126 valence electrons. The van der Waals surface area contributed by atoms with Crippen molar-refractivity contribution in [1.82, 2.24) is 25.5 Å². The second-order valence-electron chi connectivity index (χ2n) is 5.24. The SMILES string of the molecule is O=C(CNC(=O)c1ccc(Cl)cc1Cl)OCc1nnnn1C1CC1. The zero-order valence-corrected chi connectivity index (χ0v) is 13.9. The first-order valence-electron chi connectivity index (χ1n) is 7.20. The van der Waals surface area contributed by atoms with Crippen molar-refractivity contribution >= 4 is 35.1 Å². The number of esters is 1. The van der Waals surface area contributed by atoms with Crippen molar-refractivity contribution in [3.05, 3.63) is 39.6 Å². The van der Waals surface area contributed by atoms with Crippen LogP contribution in [0, 0.1) is 0 Å². The molecule has 10 heteroatoms. The van der Waals surface area contributed by atoms with Gasteiger partial charge >= 0.3 is 5.97 Å². The van der Waals surface area contributed by atoms with Gasteiger partial charge < -0.3 is 10.1 Å². The summed E-state index contributed by atoms with van der Waals surface area (Å²) in [6.07, 6.45) is 2.04. The van der Waals surface area contributed by atoms with E-state index in [4.69, 9.17) is 27.9 Å². The van der Waals surface area contributed by atoms with E-state index in [0.717, 1.165) is 12.8 Å². The Bertz CT molecular complexity index is 776. The van der Waals surface area contributed by atoms with Crippen LogP contribution >= 0.6 is 23.2 Å². The molecule has 0 unspecified atom stereocenters. The number of nitrogens with one attached hydrogen (secondary N) is 1. The number of aromatic nitrogens is 4. The van der Waals surface area contributed by atoms with E-state index in [2.05, 4.69) is 20.8 Å². The van der Waals surface area contributed by atoms with Crippen LogP contribution in [-0.2, 0) is 16.1 Å². The summed E-state index contributed by atoms with van der Waals surface area (Å²) in [5, 5.41) is 14.3. The summed E-state index contributed by atoms with van der Waals surface area (Å²) in [5.74, 6) is -0.604. The lowest BCUT2D eigenvalue weighted by molar-refractivity contribution is -0.144. The van der Waals surface area contributed by atoms with E-state index < -0.39 is 11.9 Å². The van der Waals surface area contributed by atoms with Crippen LogP contribution in [-0.4, -0.2) is 38.6 Å². The maximum atomic E-state index is 12.0. The summed E-state index contributed by atoms with van der Waals surface area (Å²) in [5.41, 5.74) is 0.228. The Balaban J connectivity index is 1.48. The highest BCUT2D eigenvalue weighted by Crippen LogP contribution is 2.34. The molecule has 2 aromatic rings. The minimum atomic E-state index is -0.598. The van der Waals surface area contributed by atoms with Crippen molar-refractivity contribution < 1.29 is 14.3 Å². The number of tetrazole rings is 1. The molecule has 3 rings (SSSR count). The van der Waals surface area contributed by atoms with Gasteiger partial charge in [0.05, 0.1) is 16.6 Å². The summed E-state index contributed by atoms with van der Waals surface area (Å²) < 4.78 is 6.72. The Morgan fingerprint density at radius 1 is 1.33 bits per heavy atom. The molecule has 1 heterocycles. The lowest BCUT2D eigenvalue weighted by atomic mass is 10.2. The summed E-state index contributed by atoms with van der Waals surface area (Å²) in [6.45, 7) is -0.331. The zero-order valence-electron chi connectivity index (χ0n) is 12.4. The molecule has 0 saturated heterocycles. The van der Waals surface area contributed by atoms with E-state index in [0.29, 0.717) is 16.9 Å². The van der Waals surface area contributed by atoms with Gasteiger partial charge in [-0.3, -0.25) is 9.59 Å². The predicted octanol–water partition coefficient (Wildman–Crippen LogP) is 1.79. The van der Waals surface area contributed by atoms with Crippen LogP contribution in [0.15, 0.2) is 18.2 Å². The number of nitrogens with zero attached hydrogens (tertiary/aromatic N) is 4. The maximum Gasteiger partial charge on any atom is 0.325 e. The van der Waals surface area contributed by atoms with Crippen molar-refractivity contribution in [2.75, 3.05) is 6.54 Å². The lowest BCUT2D eigenvalue weighted by Gasteiger charge is -2.08. The Morgan fingerprint density at radius 3 is 2.83 bits per heavy atom. The van der Waals surface area contributed by atoms with Gasteiger partial charge in [0.15, 0.2) is 12.4 Å². The monoisotopic (exact) mass is 369 g/mol. The summed E-state index contributed by atoms with van der Waals surface area (Å²) in [6, 6.07) is 4.77. The predicted molar refractivity (Wildman–Crippen MR) is 84.7 cm³/mol. The van der Waals surface area contributed by atoms with Gasteiger partial charge in [0.2, 0.25) is 0 Å². The number of amides is 1. The van der Waals surface area contributed by atoms with Gasteiger partial charge in [0, 0.05) is 5.02 Å². The summed E-state index contributed by atoms with van der Waals surface area (Å²) in [4.78, 5) is 23.7. The first-order chi connectivity index (χ1) is 11.5. The molecule has 0 aliphatic heterocycles. The van der Waals surface area contributed by atoms with Gasteiger partial charge in [-0.05, 0) is 41.5 Å². The van der Waals surface area contributed by atoms with Crippen molar-refractivity contribution in [3.8, 4) is 0 Å². The highest BCUT2D eigenvalue weighted by atomic mass is 35.5. The van der Waals surface area contributed by atoms with Crippen molar-refractivity contribution in [2.45, 2.75) is 25.5 Å². The number of hydrogen-bond acceptors (Lipinski definition) is 6. The minimum Gasteiger partial charge on any atom is -0.456 e. The third kappa shape index (κ3) is 4.01. The highest BCUT2D eigenvalue weighted by Gasteiger charge is 2.28. The van der Waals surface area contributed by atoms with Crippen LogP contribution in [0.3, 0.4) is 0 Å². The molecule has 0 atom stereocenters. The summed E-state index contributed by atoms with van der Waals surface area (Å²) in [7, 11) is 0. The molecular formula is C14H13Cl2N5O3. The van der Waals surface area contributed by atoms with Crippen molar-refractivity contribution in [3.63, 3.8) is 0 Å². The van der Waals surface area contributed by atoms with Crippen LogP contribution in [0.25, 0.3) is 0 Å². The average Bonchev–Trinajstić information content (AvgIpc) is 3.29. The molecule has 1 aromatic heterocycles. The smallest absolute Gasteiger partial charge is 0.325 e. The van der Waals surface area contributed by atoms with Crippen molar-refractivity contribution in [2.24, 2.45) is 0 Å². The third-order valence-corrected chi connectivity index (χ3v) is 3.93. The number of hydrogen-bond donors (Lipinski definition) is 1. The molecule has 1 fully saturated rings. The second-order valence-corrected chi connectivity index (χ2v) is 6.08. The van der Waals surface area contributed by atoms with Gasteiger partial charge in [-0.15, -0.1) is 5.10 Å². The molecule has 1 aliphatic rings. The van der Waals surface area contributed by atoms with Gasteiger partial charge in [0.1, 0.15) is 6.54 Å². The number of ether oxygens (including phenoxy) is 1. The van der Waals surface area contributed by atoms with E-state index >= 15 is 0 Å². The second kappa shape index (κ2) is 7.14. The number of benzene rings is 1. The molecular weight excluding hydrogens is 357 g/mol. The Labute approximate surface area is 147 Å². The van der Waals surface area contributed by atoms with E-state index in [1.54, 1.807) is 10.7 Å². The van der Waals surface area contributed by atoms with Crippen LogP contribution in [0.4, 0.5) is 0 Å². The maximum absolute atomic E-state index is 12.0. The molecule has 0 bridgehead atoms. The molecule has 1 aromatic carbocycles. The topological polar surface area (TPSA) is 99.0 Å². The molecule has 24 heavy (non-hydrogen) atoms. The van der Waals surface area contributed by atoms with Crippen LogP contribution in [0.5, 0.6) is 0 Å². The number of rotatable bonds is 6. The molecule has 1 N–H and O–H groups in total.